The standard InChI is InChI=1S/C32H40FNO4/c33-16-2-17-34-18-13-28(22-34)38-27-8-5-24(6-9-27)31-29(4-1-3-25-21-26(35)7-10-30(25)31)23-11-14-32(15-12-23)36-19-20-37-32/h5-10,21,23,28,35H,1-4,11-20,22H2/t28-/m0/s1. The van der Waals surface area contributed by atoms with Gasteiger partial charge < -0.3 is 19.3 Å². The average Bonchev–Trinajstić information content (AvgIpc) is 3.54. The molecule has 2 heterocycles. The number of phenols is 1. The summed E-state index contributed by atoms with van der Waals surface area (Å²) in [5, 5.41) is 10.2. The average molecular weight is 522 g/mol. The first kappa shape index (κ1) is 25.8. The summed E-state index contributed by atoms with van der Waals surface area (Å²) in [6.07, 6.45) is 8.93. The van der Waals surface area contributed by atoms with Gasteiger partial charge in [-0.05, 0) is 97.4 Å². The van der Waals surface area contributed by atoms with Gasteiger partial charge in [0.1, 0.15) is 17.6 Å². The number of rotatable bonds is 7. The van der Waals surface area contributed by atoms with E-state index in [0.717, 1.165) is 76.8 Å². The maximum absolute atomic E-state index is 12.6. The summed E-state index contributed by atoms with van der Waals surface area (Å²) in [5.41, 5.74) is 6.55. The lowest BCUT2D eigenvalue weighted by Gasteiger charge is -2.37. The summed E-state index contributed by atoms with van der Waals surface area (Å²) in [4.78, 5) is 2.30. The lowest BCUT2D eigenvalue weighted by atomic mass is 9.76. The maximum Gasteiger partial charge on any atom is 0.168 e. The van der Waals surface area contributed by atoms with E-state index in [0.29, 0.717) is 31.3 Å². The molecule has 4 aliphatic rings. The van der Waals surface area contributed by atoms with E-state index in [9.17, 15) is 9.50 Å². The Morgan fingerprint density at radius 1 is 1.00 bits per heavy atom. The maximum atomic E-state index is 12.6. The van der Waals surface area contributed by atoms with Gasteiger partial charge in [0.2, 0.25) is 0 Å². The van der Waals surface area contributed by atoms with Crippen molar-refractivity contribution in [3.05, 3.63) is 64.7 Å². The number of hydrogen-bond donors (Lipinski definition) is 1. The summed E-state index contributed by atoms with van der Waals surface area (Å²) in [6, 6.07) is 14.5. The van der Waals surface area contributed by atoms with Crippen molar-refractivity contribution in [3.8, 4) is 11.5 Å². The Labute approximate surface area is 225 Å². The molecular weight excluding hydrogens is 481 g/mol. The van der Waals surface area contributed by atoms with Crippen LogP contribution < -0.4 is 4.74 Å². The molecule has 0 unspecified atom stereocenters. The second-order valence-electron chi connectivity index (χ2n) is 11.4. The van der Waals surface area contributed by atoms with E-state index in [4.69, 9.17) is 14.2 Å². The van der Waals surface area contributed by atoms with E-state index < -0.39 is 0 Å². The summed E-state index contributed by atoms with van der Waals surface area (Å²) in [6.45, 7) is 3.81. The largest absolute Gasteiger partial charge is 0.508 e. The molecule has 2 aromatic carbocycles. The SMILES string of the molecule is Oc1ccc2c(c1)CCCC(C1CCC3(CC1)OCCO3)=C2c1ccc(O[C@H]2CCN(CCCF)C2)cc1. The minimum atomic E-state index is -0.355. The lowest BCUT2D eigenvalue weighted by Crippen LogP contribution is -2.35. The first-order chi connectivity index (χ1) is 18.6. The van der Waals surface area contributed by atoms with E-state index in [2.05, 4.69) is 35.2 Å². The van der Waals surface area contributed by atoms with Crippen molar-refractivity contribution >= 4 is 5.57 Å². The van der Waals surface area contributed by atoms with Crippen molar-refractivity contribution < 1.29 is 23.7 Å². The molecule has 6 heteroatoms. The van der Waals surface area contributed by atoms with Crippen LogP contribution in [-0.2, 0) is 15.9 Å². The Bertz CT molecular complexity index is 1130. The highest BCUT2D eigenvalue weighted by Gasteiger charge is 2.41. The quantitative estimate of drug-likeness (QED) is 0.465. The molecule has 1 atom stereocenters. The van der Waals surface area contributed by atoms with E-state index in [-0.39, 0.29) is 18.6 Å². The first-order valence-corrected chi connectivity index (χ1v) is 14.5. The summed E-state index contributed by atoms with van der Waals surface area (Å²) in [7, 11) is 0. The second kappa shape index (κ2) is 11.4. The normalized spacial score (nSPS) is 24.1. The zero-order chi connectivity index (χ0) is 26.0. The number of nitrogens with zero attached hydrogens (tertiary/aromatic N) is 1. The summed E-state index contributed by atoms with van der Waals surface area (Å²) < 4.78 is 30.9. The molecule has 5 nitrogen and oxygen atoms in total. The molecule has 2 aliphatic heterocycles. The number of allylic oxidation sites excluding steroid dienone is 1. The molecule has 2 aliphatic carbocycles. The van der Waals surface area contributed by atoms with Gasteiger partial charge in [-0.2, -0.15) is 0 Å². The van der Waals surface area contributed by atoms with E-state index in [1.165, 1.54) is 27.8 Å². The number of hydrogen-bond acceptors (Lipinski definition) is 5. The molecule has 0 bridgehead atoms. The zero-order valence-corrected chi connectivity index (χ0v) is 22.3. The molecular formula is C32H40FNO4. The van der Waals surface area contributed by atoms with Crippen LogP contribution in [0.25, 0.3) is 5.57 Å². The van der Waals surface area contributed by atoms with Gasteiger partial charge in [-0.1, -0.05) is 23.8 Å². The zero-order valence-electron chi connectivity index (χ0n) is 22.3. The summed E-state index contributed by atoms with van der Waals surface area (Å²) in [5.74, 6) is 1.38. The van der Waals surface area contributed by atoms with Crippen LogP contribution in [0.2, 0.25) is 0 Å². The predicted octanol–water partition coefficient (Wildman–Crippen LogP) is 6.28. The minimum absolute atomic E-state index is 0.159. The van der Waals surface area contributed by atoms with Crippen LogP contribution in [0.15, 0.2) is 48.0 Å². The molecule has 2 aromatic rings. The highest BCUT2D eigenvalue weighted by Crippen LogP contribution is 2.46. The Kier molecular flexibility index (Phi) is 7.73. The van der Waals surface area contributed by atoms with Crippen molar-refractivity contribution in [2.75, 3.05) is 39.5 Å². The molecule has 2 saturated heterocycles. The first-order valence-electron chi connectivity index (χ1n) is 14.5. The fourth-order valence-electron chi connectivity index (χ4n) is 7.01. The van der Waals surface area contributed by atoms with E-state index in [1.54, 1.807) is 0 Å². The molecule has 6 rings (SSSR count). The van der Waals surface area contributed by atoms with E-state index >= 15 is 0 Å². The number of aromatic hydroxyl groups is 1. The third-order valence-corrected chi connectivity index (χ3v) is 8.91. The third kappa shape index (κ3) is 5.49. The number of alkyl halides is 1. The van der Waals surface area contributed by atoms with Gasteiger partial charge in [-0.3, -0.25) is 9.29 Å². The van der Waals surface area contributed by atoms with Crippen molar-refractivity contribution in [1.82, 2.24) is 4.90 Å². The van der Waals surface area contributed by atoms with Crippen LogP contribution in [0.4, 0.5) is 4.39 Å². The Balaban J connectivity index is 1.26. The van der Waals surface area contributed by atoms with Crippen LogP contribution in [0.5, 0.6) is 11.5 Å². The topological polar surface area (TPSA) is 51.2 Å². The fourth-order valence-corrected chi connectivity index (χ4v) is 7.01. The monoisotopic (exact) mass is 521 g/mol. The molecule has 1 saturated carbocycles. The van der Waals surface area contributed by atoms with E-state index in [1.807, 2.05) is 12.1 Å². The van der Waals surface area contributed by atoms with Gasteiger partial charge in [0.25, 0.3) is 0 Å². The smallest absolute Gasteiger partial charge is 0.168 e. The number of halogens is 1. The molecule has 0 amide bonds. The molecule has 1 N–H and O–H groups in total. The van der Waals surface area contributed by atoms with Gasteiger partial charge in [0.05, 0.1) is 19.9 Å². The van der Waals surface area contributed by atoms with Crippen molar-refractivity contribution in [1.29, 1.82) is 0 Å². The van der Waals surface area contributed by atoms with Crippen LogP contribution in [0, 0.1) is 5.92 Å². The van der Waals surface area contributed by atoms with Gasteiger partial charge in [0, 0.05) is 32.5 Å². The number of fused-ring (bicyclic) bond motifs is 1. The Hall–Kier alpha value is -2.41. The molecule has 0 radical (unpaired) electrons. The van der Waals surface area contributed by atoms with Gasteiger partial charge >= 0.3 is 0 Å². The number of ether oxygens (including phenoxy) is 3. The highest BCUT2D eigenvalue weighted by molar-refractivity contribution is 5.85. The molecule has 38 heavy (non-hydrogen) atoms. The van der Waals surface area contributed by atoms with Crippen LogP contribution in [0.1, 0.15) is 68.1 Å². The predicted molar refractivity (Wildman–Crippen MR) is 146 cm³/mol. The van der Waals surface area contributed by atoms with Crippen LogP contribution in [0.3, 0.4) is 0 Å². The third-order valence-electron chi connectivity index (χ3n) is 8.91. The number of likely N-dealkylation sites (tertiary alicyclic amines) is 1. The lowest BCUT2D eigenvalue weighted by molar-refractivity contribution is -0.180. The molecule has 0 aromatic heterocycles. The number of benzene rings is 2. The van der Waals surface area contributed by atoms with Crippen molar-refractivity contribution in [3.63, 3.8) is 0 Å². The Morgan fingerprint density at radius 2 is 1.79 bits per heavy atom. The molecule has 3 fully saturated rings. The second-order valence-corrected chi connectivity index (χ2v) is 11.4. The van der Waals surface area contributed by atoms with Gasteiger partial charge in [-0.15, -0.1) is 0 Å². The van der Waals surface area contributed by atoms with Crippen LogP contribution >= 0.6 is 0 Å². The van der Waals surface area contributed by atoms with Crippen molar-refractivity contribution in [2.45, 2.75) is 69.7 Å². The van der Waals surface area contributed by atoms with Crippen LogP contribution in [-0.4, -0.2) is 61.4 Å². The number of aryl methyl sites for hydroxylation is 1. The van der Waals surface area contributed by atoms with Gasteiger partial charge in [-0.25, -0.2) is 0 Å². The fraction of sp³-hybridized carbons (Fsp3) is 0.562. The minimum Gasteiger partial charge on any atom is -0.508 e. The summed E-state index contributed by atoms with van der Waals surface area (Å²) >= 11 is 0. The van der Waals surface area contributed by atoms with Gasteiger partial charge in [0.15, 0.2) is 5.79 Å². The number of phenolic OH excluding ortho intramolecular Hbond substituents is 1. The molecule has 1 spiro atoms. The molecule has 204 valence electrons. The highest BCUT2D eigenvalue weighted by atomic mass is 19.1. The Morgan fingerprint density at radius 3 is 2.55 bits per heavy atom. The van der Waals surface area contributed by atoms with Crippen molar-refractivity contribution in [2.24, 2.45) is 5.92 Å².